The molecule has 1 N–H and O–H groups in total. The van der Waals surface area contributed by atoms with Gasteiger partial charge in [-0.15, -0.1) is 0 Å². The summed E-state index contributed by atoms with van der Waals surface area (Å²) in [6.45, 7) is 21.8. The normalized spacial score (nSPS) is 14.3. The zero-order valence-corrected chi connectivity index (χ0v) is 38.9. The van der Waals surface area contributed by atoms with E-state index in [1.165, 1.54) is 0 Å². The second-order valence-electron chi connectivity index (χ2n) is 14.9. The first-order valence-electron chi connectivity index (χ1n) is 16.6. The van der Waals surface area contributed by atoms with Crippen molar-refractivity contribution in [3.63, 3.8) is 0 Å². The third kappa shape index (κ3) is 28.3. The minimum absolute atomic E-state index is 0. The van der Waals surface area contributed by atoms with Gasteiger partial charge < -0.3 is 35.9 Å². The monoisotopic (exact) mass is 977 g/mol. The van der Waals surface area contributed by atoms with Crippen molar-refractivity contribution in [1.29, 1.82) is 0 Å². The van der Waals surface area contributed by atoms with E-state index in [2.05, 4.69) is 39.3 Å². The third-order valence-electron chi connectivity index (χ3n) is 6.94. The number of esters is 2. The Labute approximate surface area is 379 Å². The van der Waals surface area contributed by atoms with Gasteiger partial charge in [0, 0.05) is 23.3 Å². The first-order valence-corrected chi connectivity index (χ1v) is 33.9. The van der Waals surface area contributed by atoms with Crippen molar-refractivity contribution in [2.45, 2.75) is 165 Å². The molecule has 0 aromatic heterocycles. The Hall–Kier alpha value is -1.04. The quantitative estimate of drug-likeness (QED) is 0.0624. The lowest BCUT2D eigenvalue weighted by Gasteiger charge is -2.42. The molecule has 0 aliphatic carbocycles. The predicted octanol–water partition coefficient (Wildman–Crippen LogP) is 12.0. The largest absolute Gasteiger partial charge is 0.615 e. The lowest BCUT2D eigenvalue weighted by Crippen LogP contribution is -2.59. The standard InChI is InChI=1S/C32H54O10PS2Si5.9CH4/c1-24(31(34)37-21-26(3)33)23-50(12,41-48(8,9)10)42-49(11,40-46(4)39-47(5,6)7)22-25(2)32(35)38-29-17-13-27(14-18-29)28-15-19-30(20-16-28)43(36)45-44;;;;;;;;;/h13-20,24-26,33H,21-23H2,1-12H3;9*1H4. The Morgan fingerprint density at radius 1 is 0.695 bits per heavy atom. The molecule has 2 aromatic carbocycles. The lowest BCUT2D eigenvalue weighted by atomic mass is 10.1. The molecule has 0 bridgehead atoms. The smallest absolute Gasteiger partial charge is 0.360 e. The second-order valence-corrected chi connectivity index (χ2v) is 36.9. The van der Waals surface area contributed by atoms with Gasteiger partial charge in [-0.05, 0) is 113 Å². The summed E-state index contributed by atoms with van der Waals surface area (Å²) in [6.07, 6.45) is -0.766. The van der Waals surface area contributed by atoms with Crippen molar-refractivity contribution in [3.8, 4) is 16.9 Å². The van der Waals surface area contributed by atoms with Crippen LogP contribution in [0.4, 0.5) is 0 Å². The highest BCUT2D eigenvalue weighted by Gasteiger charge is 2.49. The van der Waals surface area contributed by atoms with E-state index in [-0.39, 0.29) is 79.5 Å². The molecule has 0 fully saturated rings. The van der Waals surface area contributed by atoms with E-state index in [4.69, 9.17) is 37.1 Å². The van der Waals surface area contributed by atoms with E-state index in [1.807, 2.05) is 43.9 Å². The van der Waals surface area contributed by atoms with Crippen LogP contribution in [0.1, 0.15) is 87.6 Å². The van der Waals surface area contributed by atoms with E-state index < -0.39 is 79.8 Å². The Morgan fingerprint density at radius 2 is 1.12 bits per heavy atom. The van der Waals surface area contributed by atoms with E-state index in [0.29, 0.717) is 17.1 Å². The molecule has 1 radical (unpaired) electrons. The average Bonchev–Trinajstić information content (AvgIpc) is 2.97. The van der Waals surface area contributed by atoms with E-state index >= 15 is 0 Å². The van der Waals surface area contributed by atoms with Gasteiger partial charge in [-0.3, -0.25) is 9.59 Å². The van der Waals surface area contributed by atoms with Gasteiger partial charge in [-0.2, -0.15) is 0 Å². The molecule has 0 amide bonds. The van der Waals surface area contributed by atoms with Gasteiger partial charge in [-0.25, -0.2) is 0 Å². The summed E-state index contributed by atoms with van der Waals surface area (Å²) in [4.78, 5) is 38.4. The van der Waals surface area contributed by atoms with E-state index in [0.717, 1.165) is 20.6 Å². The van der Waals surface area contributed by atoms with Gasteiger partial charge in [-0.1, -0.05) is 92.8 Å². The Kier molecular flexibility index (Phi) is 41.6. The first-order chi connectivity index (χ1) is 22.9. The molecule has 10 nitrogen and oxygen atoms in total. The first kappa shape index (κ1) is 75.3. The number of hydrogen-bond donors (Lipinski definition) is 1. The fourth-order valence-corrected chi connectivity index (χ4v) is 27.6. The van der Waals surface area contributed by atoms with Crippen LogP contribution in [0.3, 0.4) is 0 Å². The molecule has 18 heteroatoms. The SMILES string of the molecule is C.C.C.C.C.C.C.C.C.CC(O)COC(=O)C(C)C[Si](C)(O[Si](C)(C)C)O[Si](C)(CC(C)C(=O)Oc1ccc(-c2ccc([P+]([O-])=S=S)cc2)cc1)O[Si](C)O[Si](C)(C)C. The van der Waals surface area contributed by atoms with Crippen LogP contribution in [0, 0.1) is 11.8 Å². The van der Waals surface area contributed by atoms with Crippen LogP contribution in [-0.4, -0.2) is 72.8 Å². The van der Waals surface area contributed by atoms with Gasteiger partial charge in [0.05, 0.1) is 17.9 Å². The van der Waals surface area contributed by atoms with E-state index in [1.54, 1.807) is 45.0 Å². The summed E-state index contributed by atoms with van der Waals surface area (Å²) in [5, 5.41) is 10.3. The Bertz CT molecular complexity index is 1490. The van der Waals surface area contributed by atoms with Gasteiger partial charge in [0.1, 0.15) is 21.9 Å². The van der Waals surface area contributed by atoms with Crippen LogP contribution in [-0.2, 0) is 51.5 Å². The molecule has 0 saturated carbocycles. The molecular formula is C41H90O10PS2Si5. The van der Waals surface area contributed by atoms with Crippen molar-refractivity contribution in [3.05, 3.63) is 48.5 Å². The Balaban J connectivity index is -0.000000482. The number of hydrogen-bond acceptors (Lipinski definition) is 11. The highest BCUT2D eigenvalue weighted by Crippen LogP contribution is 2.33. The van der Waals surface area contributed by atoms with Crippen molar-refractivity contribution >= 4 is 87.9 Å². The predicted molar refractivity (Wildman–Crippen MR) is 276 cm³/mol. The number of benzene rings is 2. The second kappa shape index (κ2) is 32.6. The zero-order chi connectivity index (χ0) is 38.1. The maximum absolute atomic E-state index is 13.5. The van der Waals surface area contributed by atoms with Crippen LogP contribution in [0.25, 0.3) is 11.1 Å². The van der Waals surface area contributed by atoms with Crippen LogP contribution >= 0.6 is 6.92 Å². The van der Waals surface area contributed by atoms with Gasteiger partial charge in [0.25, 0.3) is 0 Å². The fourth-order valence-electron chi connectivity index (χ4n) is 5.44. The molecule has 0 spiro atoms. The van der Waals surface area contributed by atoms with E-state index in [9.17, 15) is 19.6 Å². The molecule has 59 heavy (non-hydrogen) atoms. The minimum Gasteiger partial charge on any atom is -0.615 e. The molecule has 6 unspecified atom stereocenters. The summed E-state index contributed by atoms with van der Waals surface area (Å²) in [6, 6.07) is 15.2. The van der Waals surface area contributed by atoms with Crippen molar-refractivity contribution < 1.29 is 45.5 Å². The van der Waals surface area contributed by atoms with Crippen LogP contribution in [0.2, 0.25) is 71.0 Å². The van der Waals surface area contributed by atoms with Crippen LogP contribution < -0.4 is 14.9 Å². The maximum atomic E-state index is 13.5. The topological polar surface area (TPSA) is 133 Å². The summed E-state index contributed by atoms with van der Waals surface area (Å²) in [5.41, 5.74) is 1.85. The lowest BCUT2D eigenvalue weighted by molar-refractivity contribution is -0.150. The Morgan fingerprint density at radius 3 is 1.53 bits per heavy atom. The molecule has 351 valence electrons. The van der Waals surface area contributed by atoms with Gasteiger partial charge in [0.15, 0.2) is 28.9 Å². The number of carbonyl (C=O) groups excluding carboxylic acids is 2. The van der Waals surface area contributed by atoms with Crippen molar-refractivity contribution in [1.82, 2.24) is 0 Å². The molecule has 2 rings (SSSR count). The minimum atomic E-state index is -3.22. The number of rotatable bonds is 19. The molecule has 0 saturated heterocycles. The number of ether oxygens (including phenoxy) is 2. The van der Waals surface area contributed by atoms with Crippen molar-refractivity contribution in [2.75, 3.05) is 6.61 Å². The number of carbonyl (C=O) groups is 2. The average molecular weight is 979 g/mol. The molecule has 2 aromatic rings. The summed E-state index contributed by atoms with van der Waals surface area (Å²) < 4.78 is 38.0. The molecule has 0 aliphatic heterocycles. The molecule has 6 atom stereocenters. The van der Waals surface area contributed by atoms with Crippen LogP contribution in [0.15, 0.2) is 48.5 Å². The summed E-state index contributed by atoms with van der Waals surface area (Å²) >= 11 is 4.85. The summed E-state index contributed by atoms with van der Waals surface area (Å²) in [7, 11) is -11.3. The molecule has 0 aliphatic rings. The molecule has 0 heterocycles. The fraction of sp³-hybridized carbons (Fsp3) is 0.659. The maximum Gasteiger partial charge on any atom is 0.360 e. The van der Waals surface area contributed by atoms with Gasteiger partial charge >= 0.3 is 38.3 Å². The van der Waals surface area contributed by atoms with Crippen molar-refractivity contribution in [2.24, 2.45) is 11.8 Å². The highest BCUT2D eigenvalue weighted by atomic mass is 32.9. The number of aliphatic hydroxyl groups excluding tert-OH is 1. The van der Waals surface area contributed by atoms with Gasteiger partial charge in [0.2, 0.25) is 0 Å². The number of aliphatic hydroxyl groups is 1. The zero-order valence-electron chi connectivity index (χ0n) is 31.4. The third-order valence-corrected chi connectivity index (χ3v) is 26.9. The summed E-state index contributed by atoms with van der Waals surface area (Å²) in [5.74, 6) is -1.56. The van der Waals surface area contributed by atoms with Crippen LogP contribution in [0.5, 0.6) is 5.75 Å². The highest BCUT2D eigenvalue weighted by molar-refractivity contribution is 8.35. The molecular weight excluding hydrogens is 888 g/mol.